The van der Waals surface area contributed by atoms with E-state index in [1.807, 2.05) is 26.0 Å². The molecule has 0 bridgehead atoms. The van der Waals surface area contributed by atoms with Gasteiger partial charge in [-0.15, -0.1) is 0 Å². The predicted octanol–water partition coefficient (Wildman–Crippen LogP) is 2.84. The van der Waals surface area contributed by atoms with E-state index in [4.69, 9.17) is 0 Å². The van der Waals surface area contributed by atoms with Gasteiger partial charge in [0, 0.05) is 6.04 Å². The number of benzene rings is 1. The van der Waals surface area contributed by atoms with Crippen molar-refractivity contribution in [2.75, 3.05) is 13.7 Å². The second-order valence-corrected chi connectivity index (χ2v) is 6.28. The number of hydrogen-bond acceptors (Lipinski definition) is 3. The Morgan fingerprint density at radius 1 is 1.05 bits per heavy atom. The summed E-state index contributed by atoms with van der Waals surface area (Å²) in [4.78, 5) is 25.4. The summed E-state index contributed by atoms with van der Waals surface area (Å²) in [5.74, 6) is 0.162. The highest BCUT2D eigenvalue weighted by Gasteiger charge is 2.20. The third-order valence-corrected chi connectivity index (χ3v) is 3.49. The van der Waals surface area contributed by atoms with E-state index in [0.717, 1.165) is 12.0 Å². The Balaban J connectivity index is 2.70. The summed E-state index contributed by atoms with van der Waals surface area (Å²) >= 11 is 0. The van der Waals surface area contributed by atoms with Crippen LogP contribution in [0.25, 0.3) is 0 Å². The van der Waals surface area contributed by atoms with Crippen LogP contribution >= 0.6 is 0 Å². The molecule has 0 aliphatic carbocycles. The minimum Gasteiger partial charge on any atom is -0.468 e. The maximum atomic E-state index is 12.4. The maximum Gasteiger partial charge on any atom is 0.325 e. The summed E-state index contributed by atoms with van der Waals surface area (Å²) in [5, 5.41) is 0. The minimum atomic E-state index is -0.394. The summed E-state index contributed by atoms with van der Waals surface area (Å²) in [6.07, 6.45) is 1.34. The molecule has 0 unspecified atom stereocenters. The lowest BCUT2D eigenvalue weighted by Gasteiger charge is -2.25. The van der Waals surface area contributed by atoms with E-state index in [-0.39, 0.29) is 18.5 Å². The van der Waals surface area contributed by atoms with Crippen LogP contribution in [-0.2, 0) is 27.2 Å². The quantitative estimate of drug-likeness (QED) is 0.728. The Labute approximate surface area is 133 Å². The van der Waals surface area contributed by atoms with Crippen molar-refractivity contribution in [2.45, 2.75) is 46.6 Å². The summed E-state index contributed by atoms with van der Waals surface area (Å²) in [6, 6.07) is 8.09. The summed E-state index contributed by atoms with van der Waals surface area (Å²) < 4.78 is 4.65. The van der Waals surface area contributed by atoms with Gasteiger partial charge >= 0.3 is 5.97 Å². The topological polar surface area (TPSA) is 46.6 Å². The highest BCUT2D eigenvalue weighted by Crippen LogP contribution is 2.12. The van der Waals surface area contributed by atoms with Gasteiger partial charge in [0.2, 0.25) is 5.91 Å². The molecular weight excluding hydrogens is 278 g/mol. The highest BCUT2D eigenvalue weighted by molar-refractivity contribution is 5.83. The number of carbonyl (C=O) groups excluding carboxylic acids is 2. The zero-order valence-electron chi connectivity index (χ0n) is 14.3. The summed E-state index contributed by atoms with van der Waals surface area (Å²) in [7, 11) is 1.33. The Morgan fingerprint density at radius 2 is 1.59 bits per heavy atom. The van der Waals surface area contributed by atoms with Crippen molar-refractivity contribution < 1.29 is 14.3 Å². The molecule has 1 aromatic carbocycles. The van der Waals surface area contributed by atoms with E-state index in [2.05, 4.69) is 30.7 Å². The second kappa shape index (κ2) is 8.57. The van der Waals surface area contributed by atoms with Gasteiger partial charge < -0.3 is 9.64 Å². The number of methoxy groups -OCH3 is 1. The number of amides is 1. The number of ether oxygens (including phenoxy) is 1. The van der Waals surface area contributed by atoms with Crippen molar-refractivity contribution in [3.63, 3.8) is 0 Å². The van der Waals surface area contributed by atoms with E-state index >= 15 is 0 Å². The Bertz CT molecular complexity index is 492. The van der Waals surface area contributed by atoms with Gasteiger partial charge in [0.15, 0.2) is 0 Å². The molecule has 0 radical (unpaired) electrons. The predicted molar refractivity (Wildman–Crippen MR) is 87.6 cm³/mol. The molecule has 1 amide bonds. The van der Waals surface area contributed by atoms with E-state index in [1.165, 1.54) is 12.7 Å². The summed E-state index contributed by atoms with van der Waals surface area (Å²) in [5.41, 5.74) is 2.24. The minimum absolute atomic E-state index is 0.00155. The first-order valence-corrected chi connectivity index (χ1v) is 7.77. The largest absolute Gasteiger partial charge is 0.468 e. The zero-order valence-corrected chi connectivity index (χ0v) is 14.3. The highest BCUT2D eigenvalue weighted by atomic mass is 16.5. The van der Waals surface area contributed by atoms with Gasteiger partial charge in [0.25, 0.3) is 0 Å². The third-order valence-electron chi connectivity index (χ3n) is 3.49. The molecule has 0 fully saturated rings. The van der Waals surface area contributed by atoms with Crippen LogP contribution in [0, 0.1) is 5.92 Å². The molecule has 0 saturated heterocycles. The van der Waals surface area contributed by atoms with Gasteiger partial charge in [-0.2, -0.15) is 0 Å². The van der Waals surface area contributed by atoms with Crippen LogP contribution in [-0.4, -0.2) is 36.5 Å². The van der Waals surface area contributed by atoms with Crippen LogP contribution < -0.4 is 0 Å². The number of rotatable bonds is 7. The molecule has 1 rings (SSSR count). The third kappa shape index (κ3) is 5.88. The van der Waals surface area contributed by atoms with Crippen molar-refractivity contribution in [3.05, 3.63) is 35.4 Å². The van der Waals surface area contributed by atoms with Crippen molar-refractivity contribution in [1.29, 1.82) is 0 Å². The lowest BCUT2D eigenvalue weighted by molar-refractivity contribution is -0.148. The van der Waals surface area contributed by atoms with Crippen LogP contribution in [0.5, 0.6) is 0 Å². The average Bonchev–Trinajstić information content (AvgIpc) is 2.45. The molecule has 0 heterocycles. The van der Waals surface area contributed by atoms with Gasteiger partial charge in [-0.3, -0.25) is 9.59 Å². The molecule has 0 atom stereocenters. The molecule has 0 aliphatic heterocycles. The molecule has 4 heteroatoms. The van der Waals surface area contributed by atoms with Gasteiger partial charge in [-0.1, -0.05) is 38.1 Å². The SMILES string of the molecule is COC(=O)CN(C(=O)Cc1ccc(CC(C)C)cc1)C(C)C. The standard InChI is InChI=1S/C18H27NO3/c1-13(2)10-15-6-8-16(9-7-15)11-17(20)19(14(3)4)12-18(21)22-5/h6-9,13-14H,10-12H2,1-5H3. The second-order valence-electron chi connectivity index (χ2n) is 6.28. The Hall–Kier alpha value is -1.84. The van der Waals surface area contributed by atoms with Gasteiger partial charge in [0.1, 0.15) is 6.54 Å². The summed E-state index contributed by atoms with van der Waals surface area (Å²) in [6.45, 7) is 8.16. The number of hydrogen-bond donors (Lipinski definition) is 0. The molecule has 0 aromatic heterocycles. The molecule has 1 aromatic rings. The molecule has 4 nitrogen and oxygen atoms in total. The number of esters is 1. The maximum absolute atomic E-state index is 12.4. The Morgan fingerprint density at radius 3 is 2.05 bits per heavy atom. The van der Waals surface area contributed by atoms with Crippen molar-refractivity contribution >= 4 is 11.9 Å². The molecule has 122 valence electrons. The van der Waals surface area contributed by atoms with E-state index in [0.29, 0.717) is 12.3 Å². The molecular formula is C18H27NO3. The average molecular weight is 305 g/mol. The number of nitrogens with zero attached hydrogens (tertiary/aromatic N) is 1. The molecule has 0 N–H and O–H groups in total. The van der Waals surface area contributed by atoms with Crippen LogP contribution in [0.2, 0.25) is 0 Å². The molecule has 0 aliphatic rings. The fraction of sp³-hybridized carbons (Fsp3) is 0.556. The molecule has 0 saturated carbocycles. The van der Waals surface area contributed by atoms with Crippen molar-refractivity contribution in [2.24, 2.45) is 5.92 Å². The Kier molecular flexibility index (Phi) is 7.09. The van der Waals surface area contributed by atoms with Gasteiger partial charge in [0.05, 0.1) is 13.5 Å². The monoisotopic (exact) mass is 305 g/mol. The van der Waals surface area contributed by atoms with Crippen LogP contribution in [0.4, 0.5) is 0 Å². The smallest absolute Gasteiger partial charge is 0.325 e. The fourth-order valence-electron chi connectivity index (χ4n) is 2.30. The van der Waals surface area contributed by atoms with Crippen molar-refractivity contribution in [1.82, 2.24) is 4.90 Å². The van der Waals surface area contributed by atoms with Crippen molar-refractivity contribution in [3.8, 4) is 0 Å². The first-order chi connectivity index (χ1) is 10.3. The first kappa shape index (κ1) is 18.2. The molecule has 22 heavy (non-hydrogen) atoms. The number of carbonyl (C=O) groups is 2. The van der Waals surface area contributed by atoms with Crippen LogP contribution in [0.1, 0.15) is 38.8 Å². The van der Waals surface area contributed by atoms with Gasteiger partial charge in [-0.05, 0) is 37.3 Å². The molecule has 0 spiro atoms. The van der Waals surface area contributed by atoms with E-state index in [9.17, 15) is 9.59 Å². The lowest BCUT2D eigenvalue weighted by atomic mass is 10.0. The van der Waals surface area contributed by atoms with E-state index in [1.54, 1.807) is 4.90 Å². The van der Waals surface area contributed by atoms with Gasteiger partial charge in [-0.25, -0.2) is 0 Å². The van der Waals surface area contributed by atoms with Crippen LogP contribution in [0.3, 0.4) is 0 Å². The first-order valence-electron chi connectivity index (χ1n) is 7.77. The fourth-order valence-corrected chi connectivity index (χ4v) is 2.30. The lowest BCUT2D eigenvalue weighted by Crippen LogP contribution is -2.41. The zero-order chi connectivity index (χ0) is 16.7. The van der Waals surface area contributed by atoms with E-state index < -0.39 is 5.97 Å². The normalized spacial score (nSPS) is 10.9. The van der Waals surface area contributed by atoms with Crippen LogP contribution in [0.15, 0.2) is 24.3 Å².